The third-order valence-corrected chi connectivity index (χ3v) is 2.84. The molecule has 18 heavy (non-hydrogen) atoms. The van der Waals surface area contributed by atoms with Crippen LogP contribution in [0, 0.1) is 5.82 Å². The maximum atomic E-state index is 13.5. The molecule has 3 aromatic rings. The van der Waals surface area contributed by atoms with Crippen molar-refractivity contribution < 1.29 is 4.39 Å². The van der Waals surface area contributed by atoms with E-state index >= 15 is 0 Å². The molecular weight excluding hydrogens is 229 g/mol. The highest BCUT2D eigenvalue weighted by Crippen LogP contribution is 2.27. The third-order valence-electron chi connectivity index (χ3n) is 2.84. The summed E-state index contributed by atoms with van der Waals surface area (Å²) >= 11 is 0. The normalized spacial score (nSPS) is 10.7. The molecule has 0 radical (unpaired) electrons. The van der Waals surface area contributed by atoms with E-state index in [4.69, 9.17) is 5.73 Å². The van der Waals surface area contributed by atoms with Gasteiger partial charge in [0.2, 0.25) is 0 Å². The molecule has 4 heteroatoms. The first kappa shape index (κ1) is 10.7. The van der Waals surface area contributed by atoms with E-state index in [1.165, 1.54) is 12.1 Å². The number of benzene rings is 2. The number of anilines is 1. The van der Waals surface area contributed by atoms with Gasteiger partial charge in [-0.2, -0.15) is 5.10 Å². The molecule has 0 aliphatic heterocycles. The van der Waals surface area contributed by atoms with Gasteiger partial charge in [0.05, 0.1) is 11.9 Å². The predicted octanol–water partition coefficient (Wildman–Crippen LogP) is 3.02. The van der Waals surface area contributed by atoms with E-state index < -0.39 is 5.82 Å². The van der Waals surface area contributed by atoms with Crippen LogP contribution in [-0.4, -0.2) is 10.2 Å². The minimum Gasteiger partial charge on any atom is -0.396 e. The molecule has 0 spiro atoms. The van der Waals surface area contributed by atoms with E-state index in [9.17, 15) is 4.39 Å². The van der Waals surface area contributed by atoms with Gasteiger partial charge in [0.25, 0.3) is 0 Å². The molecular formula is C14H10FN3. The van der Waals surface area contributed by atoms with Gasteiger partial charge in [0.15, 0.2) is 0 Å². The molecule has 88 valence electrons. The van der Waals surface area contributed by atoms with Crippen molar-refractivity contribution in [3.8, 4) is 11.3 Å². The fraction of sp³-hybridized carbons (Fsp3) is 0. The first-order valence-corrected chi connectivity index (χ1v) is 5.51. The smallest absolute Gasteiger partial charge is 0.146 e. The Hall–Kier alpha value is -2.49. The van der Waals surface area contributed by atoms with Crippen LogP contribution in [0.2, 0.25) is 0 Å². The molecule has 1 aromatic heterocycles. The average molecular weight is 239 g/mol. The molecule has 1 heterocycles. The van der Waals surface area contributed by atoms with Crippen molar-refractivity contribution in [3.63, 3.8) is 0 Å². The van der Waals surface area contributed by atoms with Crippen LogP contribution >= 0.6 is 0 Å². The number of hydrogen-bond acceptors (Lipinski definition) is 3. The maximum Gasteiger partial charge on any atom is 0.146 e. The Morgan fingerprint density at radius 1 is 1.06 bits per heavy atom. The lowest BCUT2D eigenvalue weighted by molar-refractivity contribution is 0.633. The van der Waals surface area contributed by atoms with Gasteiger partial charge >= 0.3 is 0 Å². The largest absolute Gasteiger partial charge is 0.396 e. The van der Waals surface area contributed by atoms with Crippen LogP contribution in [0.3, 0.4) is 0 Å². The summed E-state index contributed by atoms with van der Waals surface area (Å²) in [5, 5.41) is 9.94. The van der Waals surface area contributed by atoms with Gasteiger partial charge in [-0.15, -0.1) is 5.10 Å². The number of hydrogen-bond donors (Lipinski definition) is 1. The third kappa shape index (κ3) is 1.68. The highest BCUT2D eigenvalue weighted by molar-refractivity contribution is 5.93. The van der Waals surface area contributed by atoms with Crippen molar-refractivity contribution in [1.82, 2.24) is 10.2 Å². The second-order valence-corrected chi connectivity index (χ2v) is 4.02. The summed E-state index contributed by atoms with van der Waals surface area (Å²) in [4.78, 5) is 0. The Bertz CT molecular complexity index is 720. The lowest BCUT2D eigenvalue weighted by atomic mass is 10.0. The molecule has 0 atom stereocenters. The van der Waals surface area contributed by atoms with E-state index in [1.807, 2.05) is 24.3 Å². The number of halogens is 1. The van der Waals surface area contributed by atoms with Gasteiger partial charge < -0.3 is 5.73 Å². The van der Waals surface area contributed by atoms with Gasteiger partial charge in [-0.3, -0.25) is 0 Å². The standard InChI is InChI=1S/C14H10FN3/c15-12-7-9(5-6-13(12)16)14-11-4-2-1-3-10(11)8-17-18-14/h1-8H,16H2. The highest BCUT2D eigenvalue weighted by Gasteiger charge is 2.08. The van der Waals surface area contributed by atoms with Crippen LogP contribution in [0.1, 0.15) is 0 Å². The Morgan fingerprint density at radius 3 is 2.72 bits per heavy atom. The molecule has 2 aromatic carbocycles. The molecule has 2 N–H and O–H groups in total. The molecule has 3 nitrogen and oxygen atoms in total. The highest BCUT2D eigenvalue weighted by atomic mass is 19.1. The number of fused-ring (bicyclic) bond motifs is 1. The van der Waals surface area contributed by atoms with Crippen molar-refractivity contribution in [2.24, 2.45) is 0 Å². The quantitative estimate of drug-likeness (QED) is 0.664. The SMILES string of the molecule is Nc1ccc(-c2nncc3ccccc23)cc1F. The summed E-state index contributed by atoms with van der Waals surface area (Å²) in [6, 6.07) is 12.4. The van der Waals surface area contributed by atoms with E-state index in [0.717, 1.165) is 10.8 Å². The van der Waals surface area contributed by atoms with Crippen LogP contribution in [-0.2, 0) is 0 Å². The van der Waals surface area contributed by atoms with E-state index in [1.54, 1.807) is 12.3 Å². The fourth-order valence-corrected chi connectivity index (χ4v) is 1.92. The minimum atomic E-state index is -0.442. The summed E-state index contributed by atoms with van der Waals surface area (Å²) in [7, 11) is 0. The van der Waals surface area contributed by atoms with Crippen molar-refractivity contribution in [1.29, 1.82) is 0 Å². The Balaban J connectivity index is 2.28. The summed E-state index contributed by atoms with van der Waals surface area (Å²) in [5.74, 6) is -0.442. The average Bonchev–Trinajstić information content (AvgIpc) is 2.41. The van der Waals surface area contributed by atoms with Crippen LogP contribution in [0.4, 0.5) is 10.1 Å². The van der Waals surface area contributed by atoms with Crippen LogP contribution < -0.4 is 5.73 Å². The first-order valence-electron chi connectivity index (χ1n) is 5.51. The molecule has 0 unspecified atom stereocenters. The summed E-state index contributed by atoms with van der Waals surface area (Å²) in [6.07, 6.45) is 1.69. The minimum absolute atomic E-state index is 0.131. The summed E-state index contributed by atoms with van der Waals surface area (Å²) in [6.45, 7) is 0. The number of nitrogens with two attached hydrogens (primary N) is 1. The first-order chi connectivity index (χ1) is 8.75. The van der Waals surface area contributed by atoms with E-state index in [-0.39, 0.29) is 5.69 Å². The van der Waals surface area contributed by atoms with Gasteiger partial charge in [-0.05, 0) is 12.1 Å². The Morgan fingerprint density at radius 2 is 1.89 bits per heavy atom. The fourth-order valence-electron chi connectivity index (χ4n) is 1.92. The molecule has 0 bridgehead atoms. The van der Waals surface area contributed by atoms with Crippen LogP contribution in [0.25, 0.3) is 22.0 Å². The second kappa shape index (κ2) is 4.07. The zero-order valence-corrected chi connectivity index (χ0v) is 9.47. The maximum absolute atomic E-state index is 13.5. The lowest BCUT2D eigenvalue weighted by Crippen LogP contribution is -1.93. The Kier molecular flexibility index (Phi) is 2.41. The molecule has 0 fully saturated rings. The van der Waals surface area contributed by atoms with Crippen LogP contribution in [0.15, 0.2) is 48.7 Å². The molecule has 3 rings (SSSR count). The molecule has 0 saturated heterocycles. The molecule has 0 aliphatic carbocycles. The van der Waals surface area contributed by atoms with Crippen molar-refractivity contribution in [2.45, 2.75) is 0 Å². The van der Waals surface area contributed by atoms with Gasteiger partial charge in [0, 0.05) is 16.3 Å². The topological polar surface area (TPSA) is 51.8 Å². The molecule has 0 saturated carbocycles. The zero-order valence-electron chi connectivity index (χ0n) is 9.47. The zero-order chi connectivity index (χ0) is 12.5. The van der Waals surface area contributed by atoms with Gasteiger partial charge in [0.1, 0.15) is 11.5 Å². The molecule has 0 amide bonds. The Labute approximate surface area is 103 Å². The second-order valence-electron chi connectivity index (χ2n) is 4.02. The summed E-state index contributed by atoms with van der Waals surface area (Å²) < 4.78 is 13.5. The van der Waals surface area contributed by atoms with Gasteiger partial charge in [-0.25, -0.2) is 4.39 Å². The van der Waals surface area contributed by atoms with Crippen LogP contribution in [0.5, 0.6) is 0 Å². The number of aromatic nitrogens is 2. The van der Waals surface area contributed by atoms with Crippen molar-refractivity contribution in [3.05, 3.63) is 54.5 Å². The van der Waals surface area contributed by atoms with Crippen molar-refractivity contribution >= 4 is 16.5 Å². The summed E-state index contributed by atoms with van der Waals surface area (Å²) in [5.41, 5.74) is 6.93. The van der Waals surface area contributed by atoms with Gasteiger partial charge in [-0.1, -0.05) is 30.3 Å². The van der Waals surface area contributed by atoms with E-state index in [2.05, 4.69) is 10.2 Å². The predicted molar refractivity (Wildman–Crippen MR) is 69.3 cm³/mol. The van der Waals surface area contributed by atoms with Crippen molar-refractivity contribution in [2.75, 3.05) is 5.73 Å². The number of nitrogen functional groups attached to an aromatic ring is 1. The molecule has 0 aliphatic rings. The number of nitrogens with zero attached hydrogens (tertiary/aromatic N) is 2. The lowest BCUT2D eigenvalue weighted by Gasteiger charge is -2.05. The monoisotopic (exact) mass is 239 g/mol. The number of rotatable bonds is 1. The van der Waals surface area contributed by atoms with E-state index in [0.29, 0.717) is 11.3 Å².